The zero-order valence-corrected chi connectivity index (χ0v) is 17.6. The Labute approximate surface area is 181 Å². The monoisotopic (exact) mass is 412 g/mol. The van der Waals surface area contributed by atoms with Gasteiger partial charge in [0.25, 0.3) is 0 Å². The molecular formula is C25H24N4O2. The quantitative estimate of drug-likeness (QED) is 0.416. The molecule has 6 heteroatoms. The Kier molecular flexibility index (Phi) is 5.89. The number of carbonyl (C=O) groups excluding carboxylic acids is 2. The highest BCUT2D eigenvalue weighted by atomic mass is 16.2. The van der Waals surface area contributed by atoms with Crippen LogP contribution >= 0.6 is 0 Å². The molecule has 0 aliphatic heterocycles. The van der Waals surface area contributed by atoms with E-state index in [0.29, 0.717) is 5.56 Å². The van der Waals surface area contributed by atoms with Crippen LogP contribution in [0.5, 0.6) is 0 Å². The van der Waals surface area contributed by atoms with Gasteiger partial charge in [0.15, 0.2) is 5.78 Å². The fourth-order valence-corrected chi connectivity index (χ4v) is 3.59. The average molecular weight is 412 g/mol. The van der Waals surface area contributed by atoms with E-state index in [4.69, 9.17) is 0 Å². The van der Waals surface area contributed by atoms with Crippen molar-refractivity contribution in [2.24, 2.45) is 0 Å². The number of aromatic nitrogens is 3. The maximum atomic E-state index is 12.7. The maximum Gasteiger partial charge on any atom is 0.223 e. The summed E-state index contributed by atoms with van der Waals surface area (Å²) in [5.41, 5.74) is 2.56. The minimum atomic E-state index is -0.104. The molecule has 0 N–H and O–H groups in total. The molecule has 3 aromatic carbocycles. The van der Waals surface area contributed by atoms with Crippen LogP contribution in [0, 0.1) is 0 Å². The fraction of sp³-hybridized carbons (Fsp3) is 0.200. The summed E-state index contributed by atoms with van der Waals surface area (Å²) in [5.74, 6) is -0.0701. The predicted octanol–water partition coefficient (Wildman–Crippen LogP) is 4.60. The Morgan fingerprint density at radius 3 is 2.42 bits per heavy atom. The summed E-state index contributed by atoms with van der Waals surface area (Å²) < 4.78 is 1.68. The molecule has 1 atom stereocenters. The number of fused-ring (bicyclic) bond motifs is 1. The number of Topliss-reactive ketones (excluding diaryl/α,β-unsaturated/α-hetero) is 1. The van der Waals surface area contributed by atoms with Gasteiger partial charge in [-0.05, 0) is 41.5 Å². The third-order valence-electron chi connectivity index (χ3n) is 5.67. The van der Waals surface area contributed by atoms with Crippen molar-refractivity contribution in [3.8, 4) is 5.69 Å². The number of benzene rings is 3. The molecule has 0 aliphatic carbocycles. The number of ketones is 1. The number of amides is 1. The molecule has 1 amide bonds. The van der Waals surface area contributed by atoms with Gasteiger partial charge >= 0.3 is 0 Å². The minimum Gasteiger partial charge on any atom is -0.339 e. The second-order valence-electron chi connectivity index (χ2n) is 7.60. The molecule has 0 saturated heterocycles. The van der Waals surface area contributed by atoms with Gasteiger partial charge in [-0.25, -0.2) is 9.67 Å². The lowest BCUT2D eigenvalue weighted by atomic mass is 10.0. The van der Waals surface area contributed by atoms with Crippen molar-refractivity contribution in [1.29, 1.82) is 0 Å². The van der Waals surface area contributed by atoms with Crippen molar-refractivity contribution in [3.63, 3.8) is 0 Å². The van der Waals surface area contributed by atoms with E-state index in [1.165, 1.54) is 6.33 Å². The molecule has 0 fully saturated rings. The van der Waals surface area contributed by atoms with Crippen molar-refractivity contribution < 1.29 is 9.59 Å². The zero-order valence-electron chi connectivity index (χ0n) is 17.6. The van der Waals surface area contributed by atoms with Crippen molar-refractivity contribution in [1.82, 2.24) is 19.7 Å². The smallest absolute Gasteiger partial charge is 0.223 e. The highest BCUT2D eigenvalue weighted by Gasteiger charge is 2.19. The van der Waals surface area contributed by atoms with Gasteiger partial charge in [-0.3, -0.25) is 9.59 Å². The first-order chi connectivity index (χ1) is 15.0. The van der Waals surface area contributed by atoms with Crippen molar-refractivity contribution >= 4 is 22.5 Å². The Bertz CT molecular complexity index is 1200. The largest absolute Gasteiger partial charge is 0.339 e. The summed E-state index contributed by atoms with van der Waals surface area (Å²) in [6.45, 7) is 1.98. The Hall–Kier alpha value is -3.80. The fourth-order valence-electron chi connectivity index (χ4n) is 3.59. The van der Waals surface area contributed by atoms with Gasteiger partial charge in [0.05, 0.1) is 11.7 Å². The number of carbonyl (C=O) groups is 2. The lowest BCUT2D eigenvalue weighted by Gasteiger charge is -2.25. The third-order valence-corrected chi connectivity index (χ3v) is 5.67. The molecule has 0 unspecified atom stereocenters. The topological polar surface area (TPSA) is 68.1 Å². The Balaban J connectivity index is 1.36. The third kappa shape index (κ3) is 4.53. The Morgan fingerprint density at radius 2 is 1.71 bits per heavy atom. The molecule has 0 bridgehead atoms. The molecular weight excluding hydrogens is 388 g/mol. The second kappa shape index (κ2) is 8.92. The van der Waals surface area contributed by atoms with Crippen LogP contribution in [0.25, 0.3) is 16.5 Å². The number of hydrogen-bond acceptors (Lipinski definition) is 4. The van der Waals surface area contributed by atoms with Gasteiger partial charge in [-0.1, -0.05) is 48.5 Å². The van der Waals surface area contributed by atoms with Crippen molar-refractivity contribution in [3.05, 3.63) is 90.5 Å². The molecule has 31 heavy (non-hydrogen) atoms. The Morgan fingerprint density at radius 1 is 0.968 bits per heavy atom. The molecule has 6 nitrogen and oxygen atoms in total. The first-order valence-corrected chi connectivity index (χ1v) is 10.3. The summed E-state index contributed by atoms with van der Waals surface area (Å²) >= 11 is 0. The highest BCUT2D eigenvalue weighted by Crippen LogP contribution is 2.22. The van der Waals surface area contributed by atoms with Crippen LogP contribution in [0.4, 0.5) is 0 Å². The van der Waals surface area contributed by atoms with Gasteiger partial charge < -0.3 is 4.90 Å². The van der Waals surface area contributed by atoms with Crippen LogP contribution in [0.3, 0.4) is 0 Å². The van der Waals surface area contributed by atoms with E-state index in [9.17, 15) is 9.59 Å². The van der Waals surface area contributed by atoms with Crippen molar-refractivity contribution in [2.45, 2.75) is 25.8 Å². The van der Waals surface area contributed by atoms with E-state index in [0.717, 1.165) is 22.0 Å². The molecule has 1 heterocycles. The SMILES string of the molecule is C[C@@H](c1ccc(-n2cncn2)cc1)N(C)C(=O)CCC(=O)c1ccc2ccccc2c1. The van der Waals surface area contributed by atoms with Crippen LogP contribution in [0.1, 0.15) is 41.7 Å². The van der Waals surface area contributed by atoms with Gasteiger partial charge in [-0.15, -0.1) is 0 Å². The maximum absolute atomic E-state index is 12.7. The summed E-state index contributed by atoms with van der Waals surface area (Å²) in [7, 11) is 1.78. The van der Waals surface area contributed by atoms with E-state index >= 15 is 0 Å². The lowest BCUT2D eigenvalue weighted by molar-refractivity contribution is -0.131. The number of rotatable bonds is 7. The number of hydrogen-bond donors (Lipinski definition) is 0. The minimum absolute atomic E-state index is 0.0164. The van der Waals surface area contributed by atoms with Gasteiger partial charge in [0.1, 0.15) is 12.7 Å². The molecule has 0 radical (unpaired) electrons. The van der Waals surface area contributed by atoms with Gasteiger partial charge in [-0.2, -0.15) is 5.10 Å². The second-order valence-corrected chi connectivity index (χ2v) is 7.60. The molecule has 4 rings (SSSR count). The molecule has 0 saturated carbocycles. The van der Waals surface area contributed by atoms with Crippen LogP contribution in [-0.2, 0) is 4.79 Å². The van der Waals surface area contributed by atoms with Crippen LogP contribution in [0.15, 0.2) is 79.4 Å². The number of nitrogens with zero attached hydrogens (tertiary/aromatic N) is 4. The standard InChI is InChI=1S/C25H24N4O2/c1-18(19-9-11-23(12-10-19)29-17-26-16-27-29)28(2)25(31)14-13-24(30)22-8-7-20-5-3-4-6-21(20)15-22/h3-12,15-18H,13-14H2,1-2H3/t18-/m0/s1. The average Bonchev–Trinajstić information content (AvgIpc) is 3.36. The van der Waals surface area contributed by atoms with Crippen molar-refractivity contribution in [2.75, 3.05) is 7.05 Å². The summed E-state index contributed by atoms with van der Waals surface area (Å²) in [4.78, 5) is 31.0. The first-order valence-electron chi connectivity index (χ1n) is 10.3. The predicted molar refractivity (Wildman–Crippen MR) is 120 cm³/mol. The summed E-state index contributed by atoms with van der Waals surface area (Å²) in [5, 5.41) is 6.24. The first kappa shape index (κ1) is 20.5. The summed E-state index contributed by atoms with van der Waals surface area (Å²) in [6, 6.07) is 21.3. The van der Waals surface area contributed by atoms with Gasteiger partial charge in [0.2, 0.25) is 5.91 Å². The van der Waals surface area contributed by atoms with E-state index in [2.05, 4.69) is 10.1 Å². The van der Waals surface area contributed by atoms with E-state index in [1.807, 2.05) is 73.7 Å². The molecule has 4 aromatic rings. The van der Waals surface area contributed by atoms with Gasteiger partial charge in [0, 0.05) is 25.5 Å². The molecule has 0 aliphatic rings. The van der Waals surface area contributed by atoms with E-state index < -0.39 is 0 Å². The zero-order chi connectivity index (χ0) is 21.8. The molecule has 156 valence electrons. The molecule has 0 spiro atoms. The highest BCUT2D eigenvalue weighted by molar-refractivity contribution is 6.01. The van der Waals surface area contributed by atoms with E-state index in [-0.39, 0.29) is 30.6 Å². The normalized spacial score (nSPS) is 11.9. The van der Waals surface area contributed by atoms with E-state index in [1.54, 1.807) is 23.0 Å². The summed E-state index contributed by atoms with van der Waals surface area (Å²) in [6.07, 6.45) is 3.51. The van der Waals surface area contributed by atoms with Crippen LogP contribution in [-0.4, -0.2) is 38.4 Å². The van der Waals surface area contributed by atoms with Crippen LogP contribution in [0.2, 0.25) is 0 Å². The lowest BCUT2D eigenvalue weighted by Crippen LogP contribution is -2.29. The van der Waals surface area contributed by atoms with Crippen LogP contribution < -0.4 is 0 Å². The molecule has 1 aromatic heterocycles.